The predicted molar refractivity (Wildman–Crippen MR) is 270 cm³/mol. The van der Waals surface area contributed by atoms with Gasteiger partial charge in [0.15, 0.2) is 0 Å². The van der Waals surface area contributed by atoms with E-state index in [2.05, 4.69) is 209 Å². The fourth-order valence-electron chi connectivity index (χ4n) is 15.5. The van der Waals surface area contributed by atoms with Gasteiger partial charge in [-0.3, -0.25) is 0 Å². The average molecular weight is 838 g/mol. The van der Waals surface area contributed by atoms with Gasteiger partial charge in [0.1, 0.15) is 0 Å². The zero-order valence-electron chi connectivity index (χ0n) is 38.0. The maximum Gasteiger partial charge on any atom is 0.0540 e. The second-order valence-electron chi connectivity index (χ2n) is 21.6. The number of benzene rings is 8. The van der Waals surface area contributed by atoms with Gasteiger partial charge in [0.25, 0.3) is 0 Å². The second kappa shape index (κ2) is 13.3. The van der Waals surface area contributed by atoms with Crippen LogP contribution in [0.1, 0.15) is 93.2 Å². The van der Waals surface area contributed by atoms with Crippen LogP contribution in [-0.4, -0.2) is 0 Å². The summed E-state index contributed by atoms with van der Waals surface area (Å²) < 4.78 is 0. The molecule has 8 aromatic rings. The van der Waals surface area contributed by atoms with Crippen LogP contribution >= 0.6 is 0 Å². The molecule has 1 nitrogen and oxygen atoms in total. The summed E-state index contributed by atoms with van der Waals surface area (Å²) >= 11 is 0. The molecule has 0 aromatic heterocycles. The van der Waals surface area contributed by atoms with Crippen molar-refractivity contribution in [2.45, 2.75) is 76.0 Å². The van der Waals surface area contributed by atoms with Gasteiger partial charge in [0.2, 0.25) is 0 Å². The van der Waals surface area contributed by atoms with Crippen LogP contribution in [-0.2, 0) is 16.2 Å². The third-order valence-corrected chi connectivity index (χ3v) is 17.9. The van der Waals surface area contributed by atoms with Gasteiger partial charge in [-0.2, -0.15) is 0 Å². The van der Waals surface area contributed by atoms with E-state index in [4.69, 9.17) is 0 Å². The molecule has 4 saturated carbocycles. The van der Waals surface area contributed by atoms with Crippen LogP contribution in [0.3, 0.4) is 0 Å². The lowest BCUT2D eigenvalue weighted by Gasteiger charge is -2.61. The number of hydrogen-bond acceptors (Lipinski definition) is 1. The van der Waals surface area contributed by atoms with Gasteiger partial charge in [0.05, 0.1) is 5.69 Å². The summed E-state index contributed by atoms with van der Waals surface area (Å²) in [6.07, 6.45) is 6.96. The van der Waals surface area contributed by atoms with Crippen LogP contribution in [0.5, 0.6) is 0 Å². The molecule has 0 aliphatic heterocycles. The average Bonchev–Trinajstić information content (AvgIpc) is 3.86. The van der Waals surface area contributed by atoms with Crippen molar-refractivity contribution in [3.63, 3.8) is 0 Å². The molecule has 316 valence electrons. The molecule has 0 radical (unpaired) electrons. The van der Waals surface area contributed by atoms with Crippen LogP contribution in [0.4, 0.5) is 17.1 Å². The smallest absolute Gasteiger partial charge is 0.0540 e. The lowest BCUT2D eigenvalue weighted by molar-refractivity contribution is -0.0399. The molecule has 0 atom stereocenters. The van der Waals surface area contributed by atoms with Crippen LogP contribution in [0.2, 0.25) is 0 Å². The Balaban J connectivity index is 0.975. The van der Waals surface area contributed by atoms with E-state index in [9.17, 15) is 0 Å². The van der Waals surface area contributed by atoms with Crippen LogP contribution in [0.15, 0.2) is 176 Å². The van der Waals surface area contributed by atoms with Gasteiger partial charge >= 0.3 is 0 Å². The summed E-state index contributed by atoms with van der Waals surface area (Å²) in [5.41, 5.74) is 25.9. The maximum atomic E-state index is 2.67. The van der Waals surface area contributed by atoms with Gasteiger partial charge in [-0.1, -0.05) is 173 Å². The Morgan fingerprint density at radius 1 is 0.369 bits per heavy atom. The second-order valence-corrected chi connectivity index (χ2v) is 21.6. The van der Waals surface area contributed by atoms with Gasteiger partial charge in [-0.15, -0.1) is 0 Å². The van der Waals surface area contributed by atoms with E-state index in [-0.39, 0.29) is 16.2 Å². The molecule has 1 heteroatoms. The van der Waals surface area contributed by atoms with Crippen molar-refractivity contribution in [3.8, 4) is 55.6 Å². The highest BCUT2D eigenvalue weighted by molar-refractivity contribution is 5.99. The largest absolute Gasteiger partial charge is 0.310 e. The fraction of sp³-hybridized carbons (Fsp3) is 0.250. The molecule has 7 aliphatic carbocycles. The monoisotopic (exact) mass is 837 g/mol. The number of hydrogen-bond donors (Lipinski definition) is 0. The Labute approximate surface area is 384 Å². The zero-order valence-corrected chi connectivity index (χ0v) is 38.0. The van der Waals surface area contributed by atoms with Crippen molar-refractivity contribution in [2.75, 3.05) is 4.90 Å². The first-order chi connectivity index (χ1) is 31.7. The first-order valence-electron chi connectivity index (χ1n) is 24.4. The Bertz CT molecular complexity index is 3260. The van der Waals surface area contributed by atoms with E-state index in [0.717, 1.165) is 11.8 Å². The summed E-state index contributed by atoms with van der Waals surface area (Å²) in [6.45, 7) is 9.59. The van der Waals surface area contributed by atoms with E-state index in [1.54, 1.807) is 11.1 Å². The molecule has 65 heavy (non-hydrogen) atoms. The van der Waals surface area contributed by atoms with E-state index < -0.39 is 0 Å². The lowest BCUT2D eigenvalue weighted by Crippen LogP contribution is -2.55. The number of para-hydroxylation sites is 1. The highest BCUT2D eigenvalue weighted by Crippen LogP contribution is 2.70. The highest BCUT2D eigenvalue weighted by atomic mass is 15.1. The number of anilines is 3. The van der Waals surface area contributed by atoms with Crippen LogP contribution in [0, 0.1) is 23.7 Å². The predicted octanol–water partition coefficient (Wildman–Crippen LogP) is 16.8. The molecule has 0 saturated heterocycles. The summed E-state index contributed by atoms with van der Waals surface area (Å²) in [6, 6.07) is 68.0. The molecule has 7 aliphatic rings. The van der Waals surface area contributed by atoms with Crippen molar-refractivity contribution in [1.29, 1.82) is 0 Å². The molecule has 8 aromatic carbocycles. The summed E-state index contributed by atoms with van der Waals surface area (Å²) in [5, 5.41) is 0. The van der Waals surface area contributed by atoms with Crippen molar-refractivity contribution >= 4 is 17.1 Å². The minimum Gasteiger partial charge on any atom is -0.310 e. The van der Waals surface area contributed by atoms with E-state index in [0.29, 0.717) is 11.8 Å². The minimum absolute atomic E-state index is 0.0814. The third kappa shape index (κ3) is 5.00. The molecule has 4 fully saturated rings. The highest BCUT2D eigenvalue weighted by Gasteiger charge is 2.61. The van der Waals surface area contributed by atoms with Crippen molar-refractivity contribution < 1.29 is 0 Å². The van der Waals surface area contributed by atoms with E-state index >= 15 is 0 Å². The molecule has 0 N–H and O–H groups in total. The molecule has 0 heterocycles. The first-order valence-corrected chi connectivity index (χ1v) is 24.4. The normalized spacial score (nSPS) is 23.7. The molecule has 0 amide bonds. The number of nitrogens with zero attached hydrogens (tertiary/aromatic N) is 1. The van der Waals surface area contributed by atoms with Crippen LogP contribution in [0.25, 0.3) is 55.6 Å². The Hall–Kier alpha value is -6.44. The SMILES string of the molecule is CC1(C)c2ccccc2-c2c(-c3ccccc3N(c3ccc(-c4cccc5c4C(C)(C)c4ccccc4-5)cc3)c3ccc4c(c3)C3(c5ccccc5-4)C4CC5CC(C4)CC3C5)cccc21. The lowest BCUT2D eigenvalue weighted by atomic mass is 9.43. The standard InChI is InChI=1S/C64H55N/c1-62(2)55-23-10-7-18-53(55)60-51(20-14-25-57(60)62)50-17-8-12-26-59(50)65(44-29-27-41(28-30-44)46-19-13-21-52-48-16-5-9-22-54(48)63(3,4)61(46)52)45-31-32-49-47-15-6-11-24-56(47)64(58(49)38-45)42-34-39-33-40(36-42)37-43(64)35-39/h5-32,38-40,42-43H,33-37H2,1-4H3. The molecular weight excluding hydrogens is 783 g/mol. The van der Waals surface area contributed by atoms with Gasteiger partial charge in [0, 0.05) is 33.2 Å². The van der Waals surface area contributed by atoms with Crippen molar-refractivity contribution in [1.82, 2.24) is 0 Å². The van der Waals surface area contributed by atoms with E-state index in [1.165, 1.54) is 127 Å². The van der Waals surface area contributed by atoms with Crippen LogP contribution < -0.4 is 4.90 Å². The quantitative estimate of drug-likeness (QED) is 0.167. The molecule has 4 bridgehead atoms. The zero-order chi connectivity index (χ0) is 43.4. The summed E-state index contributed by atoms with van der Waals surface area (Å²) in [7, 11) is 0. The topological polar surface area (TPSA) is 3.24 Å². The molecule has 0 unspecified atom stereocenters. The molecule has 15 rings (SSSR count). The fourth-order valence-corrected chi connectivity index (χ4v) is 15.5. The Morgan fingerprint density at radius 3 is 1.60 bits per heavy atom. The van der Waals surface area contributed by atoms with Crippen molar-refractivity contribution in [2.24, 2.45) is 23.7 Å². The van der Waals surface area contributed by atoms with Gasteiger partial charge < -0.3 is 4.90 Å². The number of rotatable bonds is 5. The number of fused-ring (bicyclic) bond motifs is 9. The van der Waals surface area contributed by atoms with Gasteiger partial charge in [-0.05, 0) is 170 Å². The maximum absolute atomic E-state index is 2.67. The van der Waals surface area contributed by atoms with Gasteiger partial charge in [-0.25, -0.2) is 0 Å². The summed E-state index contributed by atoms with van der Waals surface area (Å²) in [5.74, 6) is 3.21. The summed E-state index contributed by atoms with van der Waals surface area (Å²) in [4.78, 5) is 2.60. The van der Waals surface area contributed by atoms with Crippen molar-refractivity contribution in [3.05, 3.63) is 209 Å². The minimum atomic E-state index is -0.0921. The molecule has 1 spiro atoms. The Kier molecular flexibility index (Phi) is 7.77. The first kappa shape index (κ1) is 37.9. The Morgan fingerprint density at radius 2 is 0.877 bits per heavy atom. The van der Waals surface area contributed by atoms with E-state index in [1.807, 2.05) is 0 Å². The third-order valence-electron chi connectivity index (χ3n) is 17.9. The molecular formula is C64H55N.